The zero-order valence-electron chi connectivity index (χ0n) is 15.2. The molecule has 0 aliphatic heterocycles. The highest BCUT2D eigenvalue weighted by atomic mass is 32.2. The second-order valence-corrected chi connectivity index (χ2v) is 7.50. The van der Waals surface area contributed by atoms with Gasteiger partial charge in [0.1, 0.15) is 10.1 Å². The minimum Gasteiger partial charge on any atom is -0.744 e. The topological polar surface area (TPSA) is 86.2 Å². The quantitative estimate of drug-likeness (QED) is 0.282. The average molecular weight is 400 g/mol. The zero-order valence-corrected chi connectivity index (χ0v) is 16.1. The van der Waals surface area contributed by atoms with Gasteiger partial charge in [0.2, 0.25) is 17.8 Å². The lowest BCUT2D eigenvalue weighted by molar-refractivity contribution is -0.327. The van der Waals surface area contributed by atoms with Gasteiger partial charge in [0.15, 0.2) is 0 Å². The Kier molecular flexibility index (Phi) is 5.52. The van der Waals surface area contributed by atoms with Crippen LogP contribution in [0.2, 0.25) is 0 Å². The fraction of sp³-hybridized carbons (Fsp3) is 0. The first kappa shape index (κ1) is 19.9. The summed E-state index contributed by atoms with van der Waals surface area (Å²) in [6.07, 6.45) is 18.1. The summed E-state index contributed by atoms with van der Waals surface area (Å²) in [5, 5.41) is 0. The van der Waals surface area contributed by atoms with Gasteiger partial charge in [-0.2, -0.15) is 0 Å². The molecule has 0 aromatic heterocycles. The Balaban J connectivity index is 2.17. The van der Waals surface area contributed by atoms with E-state index in [0.717, 1.165) is 22.3 Å². The summed E-state index contributed by atoms with van der Waals surface area (Å²) in [6, 6.07) is 17.9. The monoisotopic (exact) mass is 400 g/mol. The summed E-state index contributed by atoms with van der Waals surface area (Å²) in [4.78, 5) is -0.285. The van der Waals surface area contributed by atoms with Gasteiger partial charge < -0.3 is 10.3 Å². The highest BCUT2D eigenvalue weighted by molar-refractivity contribution is 7.85. The maximum atomic E-state index is 11.2. The molecule has 29 heavy (non-hydrogen) atoms. The molecular formula is C23H16N2O3S. The molecule has 3 rings (SSSR count). The predicted octanol–water partition coefficient (Wildman–Crippen LogP) is 2.74. The van der Waals surface area contributed by atoms with Crippen molar-refractivity contribution >= 4 is 27.1 Å². The lowest BCUT2D eigenvalue weighted by atomic mass is 9.91. The molecule has 0 radical (unpaired) electrons. The van der Waals surface area contributed by atoms with E-state index in [4.69, 9.17) is 18.6 Å². The first-order valence-corrected chi connectivity index (χ1v) is 9.86. The smallest absolute Gasteiger partial charge is 0.236 e. The number of nitrogens with two attached hydrogens (primary N) is 1. The zero-order chi connectivity index (χ0) is 21.0. The molecule has 5 nitrogen and oxygen atoms in total. The molecule has 1 aliphatic rings. The van der Waals surface area contributed by atoms with Crippen LogP contribution in [0.1, 0.15) is 11.1 Å². The van der Waals surface area contributed by atoms with Crippen molar-refractivity contribution in [3.63, 3.8) is 0 Å². The molecule has 2 aromatic rings. The molecule has 142 valence electrons. The number of terminal acetylenes is 2. The van der Waals surface area contributed by atoms with E-state index < -0.39 is 10.1 Å². The van der Waals surface area contributed by atoms with Gasteiger partial charge in [-0.25, -0.2) is 8.42 Å². The summed E-state index contributed by atoms with van der Waals surface area (Å²) < 4.78 is 35.0. The summed E-state index contributed by atoms with van der Waals surface area (Å²) in [5.41, 5.74) is 10.4. The van der Waals surface area contributed by atoms with Crippen molar-refractivity contribution in [2.75, 3.05) is 5.73 Å². The predicted molar refractivity (Wildman–Crippen MR) is 112 cm³/mol. The largest absolute Gasteiger partial charge is 0.744 e. The summed E-state index contributed by atoms with van der Waals surface area (Å²) in [6.45, 7) is 0. The van der Waals surface area contributed by atoms with E-state index in [2.05, 4.69) is 12.1 Å². The van der Waals surface area contributed by atoms with Crippen LogP contribution in [0.5, 0.6) is 0 Å². The molecular weight excluding hydrogens is 384 g/mol. The Bertz CT molecular complexity index is 1230. The number of hydrogen-bond donors (Lipinski definition) is 1. The minimum absolute atomic E-state index is 0.285. The van der Waals surface area contributed by atoms with E-state index in [1.165, 1.54) is 16.7 Å². The maximum Gasteiger partial charge on any atom is 0.236 e. The maximum absolute atomic E-state index is 11.2. The second-order valence-electron chi connectivity index (χ2n) is 6.12. The lowest BCUT2D eigenvalue weighted by Gasteiger charge is -2.15. The molecule has 0 atom stereocenters. The van der Waals surface area contributed by atoms with Crippen molar-refractivity contribution in [1.29, 1.82) is 0 Å². The molecule has 0 saturated carbocycles. The van der Waals surface area contributed by atoms with E-state index in [-0.39, 0.29) is 4.90 Å². The van der Waals surface area contributed by atoms with Gasteiger partial charge in [0, 0.05) is 17.8 Å². The number of anilines is 1. The number of benzene rings is 2. The number of allylic oxidation sites excluding steroid dienone is 5. The van der Waals surface area contributed by atoms with Gasteiger partial charge in [0.05, 0.1) is 4.90 Å². The van der Waals surface area contributed by atoms with Gasteiger partial charge in [-0.3, -0.25) is 0 Å². The molecule has 1 aliphatic carbocycles. The van der Waals surface area contributed by atoms with Crippen LogP contribution in [-0.4, -0.2) is 23.3 Å². The van der Waals surface area contributed by atoms with Crippen LogP contribution in [0.25, 0.3) is 5.57 Å². The van der Waals surface area contributed by atoms with Gasteiger partial charge in [-0.15, -0.1) is 0 Å². The van der Waals surface area contributed by atoms with Gasteiger partial charge in [-0.05, 0) is 71.5 Å². The number of nitrogens with zero attached hydrogens (tertiary/aromatic N) is 1. The fourth-order valence-corrected chi connectivity index (χ4v) is 3.37. The molecule has 2 aromatic carbocycles. The SMILES string of the molecule is C#C[N+](C#C)=C1C=CC(=C(c2ccc(N)cc2)c2ccc(S(=O)(=O)[O-])cc2)C=C1. The van der Waals surface area contributed by atoms with Crippen LogP contribution in [0.3, 0.4) is 0 Å². The van der Waals surface area contributed by atoms with Crippen molar-refractivity contribution in [1.82, 2.24) is 0 Å². The van der Waals surface area contributed by atoms with Crippen molar-refractivity contribution in [3.8, 4) is 24.9 Å². The highest BCUT2D eigenvalue weighted by Crippen LogP contribution is 2.30. The third-order valence-electron chi connectivity index (χ3n) is 4.30. The van der Waals surface area contributed by atoms with E-state index in [1.807, 2.05) is 24.3 Å². The molecule has 0 fully saturated rings. The summed E-state index contributed by atoms with van der Waals surface area (Å²) in [7, 11) is -4.52. The van der Waals surface area contributed by atoms with E-state index >= 15 is 0 Å². The molecule has 0 saturated heterocycles. The molecule has 0 spiro atoms. The highest BCUT2D eigenvalue weighted by Gasteiger charge is 2.15. The summed E-state index contributed by atoms with van der Waals surface area (Å²) >= 11 is 0. The van der Waals surface area contributed by atoms with Gasteiger partial charge in [0.25, 0.3) is 0 Å². The van der Waals surface area contributed by atoms with Crippen molar-refractivity contribution in [2.24, 2.45) is 0 Å². The van der Waals surface area contributed by atoms with E-state index in [9.17, 15) is 13.0 Å². The third-order valence-corrected chi connectivity index (χ3v) is 5.15. The molecule has 0 unspecified atom stereocenters. The Labute approximate surface area is 170 Å². The first-order chi connectivity index (χ1) is 13.8. The van der Waals surface area contributed by atoms with Crippen LogP contribution in [0, 0.1) is 24.9 Å². The van der Waals surface area contributed by atoms with Crippen molar-refractivity contribution in [3.05, 3.63) is 89.5 Å². The van der Waals surface area contributed by atoms with Crippen LogP contribution in [0.4, 0.5) is 5.69 Å². The number of nitrogen functional groups attached to an aromatic ring is 1. The second kappa shape index (κ2) is 8.04. The van der Waals surface area contributed by atoms with Crippen LogP contribution < -0.4 is 5.73 Å². The fourth-order valence-electron chi connectivity index (χ4n) is 2.90. The van der Waals surface area contributed by atoms with Crippen molar-refractivity contribution < 1.29 is 17.5 Å². The Morgan fingerprint density at radius 1 is 0.862 bits per heavy atom. The molecule has 6 heteroatoms. The lowest BCUT2D eigenvalue weighted by Crippen LogP contribution is -2.09. The number of rotatable bonds is 3. The average Bonchev–Trinajstić information content (AvgIpc) is 2.71. The minimum atomic E-state index is -4.52. The number of hydrogen-bond acceptors (Lipinski definition) is 4. The molecule has 0 heterocycles. The Hall–Kier alpha value is -3.84. The van der Waals surface area contributed by atoms with Gasteiger partial charge in [-0.1, -0.05) is 28.8 Å². The first-order valence-electron chi connectivity index (χ1n) is 8.46. The van der Waals surface area contributed by atoms with Crippen LogP contribution >= 0.6 is 0 Å². The molecule has 0 bridgehead atoms. The van der Waals surface area contributed by atoms with Gasteiger partial charge >= 0.3 is 0 Å². The van der Waals surface area contributed by atoms with E-state index in [0.29, 0.717) is 11.4 Å². The van der Waals surface area contributed by atoms with Crippen molar-refractivity contribution in [2.45, 2.75) is 4.90 Å². The van der Waals surface area contributed by atoms with Crippen LogP contribution in [-0.2, 0) is 10.1 Å². The van der Waals surface area contributed by atoms with E-state index in [1.54, 1.807) is 36.4 Å². The standard InChI is InChI=1S/C23H16N2O3S/c1-3-25(4-2)21-13-7-18(8-14-21)23(17-5-11-20(24)12-6-17)19-9-15-22(16-10-19)29(26,27)28/h1-2,5-16,24H,(H,26,27,28). The van der Waals surface area contributed by atoms with Crippen LogP contribution in [0.15, 0.2) is 83.3 Å². The summed E-state index contributed by atoms with van der Waals surface area (Å²) in [5.74, 6) is 0. The Morgan fingerprint density at radius 3 is 1.79 bits per heavy atom. The Morgan fingerprint density at radius 2 is 1.34 bits per heavy atom. The molecule has 0 amide bonds. The molecule has 2 N–H and O–H groups in total. The normalized spacial score (nSPS) is 12.9. The third kappa shape index (κ3) is 4.36.